The van der Waals surface area contributed by atoms with Gasteiger partial charge in [-0.3, -0.25) is 9.89 Å². The summed E-state index contributed by atoms with van der Waals surface area (Å²) in [5, 5.41) is 11.9. The van der Waals surface area contributed by atoms with Crippen LogP contribution in [0.5, 0.6) is 0 Å². The lowest BCUT2D eigenvalue weighted by Crippen LogP contribution is -2.23. The lowest BCUT2D eigenvalue weighted by molar-refractivity contribution is 0.0698. The molecule has 0 fully saturated rings. The second-order valence-corrected chi connectivity index (χ2v) is 4.65. The normalized spacial score (nSPS) is 11.4. The van der Waals surface area contributed by atoms with E-state index in [9.17, 15) is 9.59 Å². The number of carboxylic acids is 1. The molecule has 2 heterocycles. The highest BCUT2D eigenvalue weighted by Crippen LogP contribution is 2.17. The quantitative estimate of drug-likeness (QED) is 0.843. The fourth-order valence-corrected chi connectivity index (χ4v) is 2.22. The van der Waals surface area contributed by atoms with E-state index >= 15 is 0 Å². The molecule has 0 amide bonds. The topological polar surface area (TPSA) is 87.5 Å². The highest BCUT2D eigenvalue weighted by Gasteiger charge is 2.21. The smallest absolute Gasteiger partial charge is 0.341 e. The molecule has 0 spiro atoms. The Balaban J connectivity index is 2.96. The third-order valence-electron chi connectivity index (χ3n) is 2.98. The number of fused-ring (bicyclic) bond motifs is 1. The van der Waals surface area contributed by atoms with Gasteiger partial charge in [0.1, 0.15) is 5.56 Å². The minimum absolute atomic E-state index is 0.0405. The summed E-state index contributed by atoms with van der Waals surface area (Å²) in [4.78, 5) is 27.7. The van der Waals surface area contributed by atoms with Crippen LogP contribution >= 0.6 is 0 Å². The first kappa shape index (κ1) is 12.3. The molecule has 2 rings (SSSR count). The molecular weight excluding hydrogens is 234 g/mol. The number of nitrogens with one attached hydrogen (secondary N) is 1. The molecule has 96 valence electrons. The molecule has 2 aromatic rings. The number of hydrogen-bond donors (Lipinski definition) is 2. The highest BCUT2D eigenvalue weighted by atomic mass is 16.4. The zero-order valence-corrected chi connectivity index (χ0v) is 10.7. The summed E-state index contributed by atoms with van der Waals surface area (Å²) in [7, 11) is 0. The monoisotopic (exact) mass is 249 g/mol. The Bertz CT molecular complexity index is 695. The van der Waals surface area contributed by atoms with Crippen molar-refractivity contribution in [2.24, 2.45) is 0 Å². The van der Waals surface area contributed by atoms with Gasteiger partial charge in [0.05, 0.1) is 0 Å². The number of aromatic carboxylic acids is 1. The second kappa shape index (κ2) is 3.97. The van der Waals surface area contributed by atoms with E-state index in [0.29, 0.717) is 17.0 Å². The van der Waals surface area contributed by atoms with Crippen LogP contribution in [0.25, 0.3) is 5.65 Å². The van der Waals surface area contributed by atoms with Gasteiger partial charge in [-0.25, -0.2) is 14.3 Å². The summed E-state index contributed by atoms with van der Waals surface area (Å²) in [6.07, 6.45) is 0. The summed E-state index contributed by atoms with van der Waals surface area (Å²) in [6.45, 7) is 7.16. The number of aryl methyl sites for hydroxylation is 2. The summed E-state index contributed by atoms with van der Waals surface area (Å²) < 4.78 is 1.21. The van der Waals surface area contributed by atoms with E-state index in [1.165, 1.54) is 4.52 Å². The molecule has 0 saturated heterocycles. The van der Waals surface area contributed by atoms with Gasteiger partial charge in [-0.15, -0.1) is 0 Å². The maximum Gasteiger partial charge on any atom is 0.341 e. The Kier molecular flexibility index (Phi) is 2.73. The number of H-pyrrole nitrogens is 1. The van der Waals surface area contributed by atoms with Gasteiger partial charge in [0.2, 0.25) is 0 Å². The van der Waals surface area contributed by atoms with Crippen LogP contribution in [0.1, 0.15) is 47.1 Å². The van der Waals surface area contributed by atoms with Gasteiger partial charge >= 0.3 is 5.97 Å². The summed E-state index contributed by atoms with van der Waals surface area (Å²) in [6, 6.07) is 0. The molecule has 2 N–H and O–H groups in total. The number of hydrogen-bond acceptors (Lipinski definition) is 3. The third kappa shape index (κ3) is 1.61. The van der Waals surface area contributed by atoms with E-state index in [1.807, 2.05) is 13.8 Å². The van der Waals surface area contributed by atoms with Gasteiger partial charge in [-0.1, -0.05) is 13.8 Å². The van der Waals surface area contributed by atoms with E-state index in [1.54, 1.807) is 13.8 Å². The van der Waals surface area contributed by atoms with Crippen molar-refractivity contribution in [3.8, 4) is 0 Å². The highest BCUT2D eigenvalue weighted by molar-refractivity contribution is 5.95. The van der Waals surface area contributed by atoms with Crippen LogP contribution in [0.3, 0.4) is 0 Å². The fourth-order valence-electron chi connectivity index (χ4n) is 2.22. The number of aromatic amines is 1. The van der Waals surface area contributed by atoms with Gasteiger partial charge in [0.15, 0.2) is 5.65 Å². The minimum atomic E-state index is -1.09. The Labute approximate surface area is 103 Å². The molecule has 0 aliphatic rings. The molecule has 0 bridgehead atoms. The number of carboxylic acid groups (broad SMARTS) is 1. The summed E-state index contributed by atoms with van der Waals surface area (Å²) >= 11 is 0. The molecule has 0 aliphatic carbocycles. The molecule has 0 aliphatic heterocycles. The Morgan fingerprint density at radius 3 is 2.50 bits per heavy atom. The lowest BCUT2D eigenvalue weighted by atomic mass is 10.0. The molecular formula is C12H15N3O3. The minimum Gasteiger partial charge on any atom is -0.477 e. The molecule has 0 unspecified atom stereocenters. The number of nitrogens with zero attached hydrogens (tertiary/aromatic N) is 2. The zero-order valence-electron chi connectivity index (χ0n) is 10.7. The fraction of sp³-hybridized carbons (Fsp3) is 0.417. The molecule has 6 heteroatoms. The van der Waals surface area contributed by atoms with Gasteiger partial charge in [0.25, 0.3) is 5.56 Å². The van der Waals surface area contributed by atoms with Crippen LogP contribution in [0, 0.1) is 13.8 Å². The molecule has 18 heavy (non-hydrogen) atoms. The predicted octanol–water partition coefficient (Wildman–Crippen LogP) is 1.46. The summed E-state index contributed by atoms with van der Waals surface area (Å²) in [5.74, 6) is -1.05. The predicted molar refractivity (Wildman–Crippen MR) is 66.3 cm³/mol. The van der Waals surface area contributed by atoms with Crippen molar-refractivity contribution in [2.45, 2.75) is 33.6 Å². The first-order valence-electron chi connectivity index (χ1n) is 5.69. The van der Waals surface area contributed by atoms with Crippen LogP contribution in [0.2, 0.25) is 0 Å². The standard InChI is InChI=1S/C12H15N3O3/c1-5(2)8-6(3)13-10-9(12(17)18)7(4)14-15(10)11(8)16/h5,14H,1-4H3,(H,17,18). The van der Waals surface area contributed by atoms with Crippen molar-refractivity contribution in [1.29, 1.82) is 0 Å². The van der Waals surface area contributed by atoms with Crippen molar-refractivity contribution in [3.05, 3.63) is 32.9 Å². The molecule has 0 saturated carbocycles. The Morgan fingerprint density at radius 1 is 1.39 bits per heavy atom. The van der Waals surface area contributed by atoms with E-state index in [2.05, 4.69) is 10.1 Å². The van der Waals surface area contributed by atoms with Crippen LogP contribution in [-0.2, 0) is 0 Å². The molecule has 0 radical (unpaired) electrons. The van der Waals surface area contributed by atoms with Crippen molar-refractivity contribution in [2.75, 3.05) is 0 Å². The van der Waals surface area contributed by atoms with Crippen molar-refractivity contribution < 1.29 is 9.90 Å². The van der Waals surface area contributed by atoms with Gasteiger partial charge in [0, 0.05) is 17.0 Å². The molecule has 6 nitrogen and oxygen atoms in total. The van der Waals surface area contributed by atoms with Gasteiger partial charge < -0.3 is 5.11 Å². The van der Waals surface area contributed by atoms with Crippen LogP contribution < -0.4 is 5.56 Å². The summed E-state index contributed by atoms with van der Waals surface area (Å²) in [5.41, 5.74) is 1.59. The van der Waals surface area contributed by atoms with E-state index in [0.717, 1.165) is 0 Å². The van der Waals surface area contributed by atoms with Crippen molar-refractivity contribution in [1.82, 2.24) is 14.6 Å². The zero-order chi connectivity index (χ0) is 13.6. The SMILES string of the molecule is Cc1nc2c(C(=O)O)c(C)[nH]n2c(=O)c1C(C)C. The molecule has 0 atom stereocenters. The third-order valence-corrected chi connectivity index (χ3v) is 2.98. The van der Waals surface area contributed by atoms with E-state index in [-0.39, 0.29) is 22.7 Å². The van der Waals surface area contributed by atoms with Gasteiger partial charge in [-0.05, 0) is 19.8 Å². The van der Waals surface area contributed by atoms with Crippen LogP contribution in [0.4, 0.5) is 0 Å². The second-order valence-electron chi connectivity index (χ2n) is 4.65. The molecule has 2 aromatic heterocycles. The van der Waals surface area contributed by atoms with Crippen molar-refractivity contribution in [3.63, 3.8) is 0 Å². The maximum atomic E-state index is 12.3. The van der Waals surface area contributed by atoms with E-state index in [4.69, 9.17) is 5.11 Å². The number of rotatable bonds is 2. The Morgan fingerprint density at radius 2 is 2.00 bits per heavy atom. The Hall–Kier alpha value is -2.11. The largest absolute Gasteiger partial charge is 0.477 e. The number of carbonyl (C=O) groups is 1. The van der Waals surface area contributed by atoms with Crippen LogP contribution in [0.15, 0.2) is 4.79 Å². The average molecular weight is 249 g/mol. The molecule has 0 aromatic carbocycles. The maximum absolute atomic E-state index is 12.3. The average Bonchev–Trinajstić information content (AvgIpc) is 2.54. The first-order valence-corrected chi connectivity index (χ1v) is 5.69. The number of aromatic nitrogens is 3. The van der Waals surface area contributed by atoms with Crippen molar-refractivity contribution >= 4 is 11.6 Å². The first-order chi connectivity index (χ1) is 8.34. The lowest BCUT2D eigenvalue weighted by Gasteiger charge is -2.08. The van der Waals surface area contributed by atoms with Crippen LogP contribution in [-0.4, -0.2) is 25.7 Å². The van der Waals surface area contributed by atoms with E-state index < -0.39 is 5.97 Å². The van der Waals surface area contributed by atoms with Gasteiger partial charge in [-0.2, -0.15) is 0 Å².